The summed E-state index contributed by atoms with van der Waals surface area (Å²) in [7, 11) is 0. The number of fused-ring (bicyclic) bond motifs is 9. The number of hydrogen-bond donors (Lipinski definition) is 2. The van der Waals surface area contributed by atoms with Crippen LogP contribution in [0.25, 0.3) is 0 Å². The first-order valence-corrected chi connectivity index (χ1v) is 18.9. The molecule has 13 heteroatoms. The van der Waals surface area contributed by atoms with Crippen LogP contribution in [0.4, 0.5) is 11.4 Å². The number of ether oxygens (including phenoxy) is 2. The van der Waals surface area contributed by atoms with Gasteiger partial charge in [0.05, 0.1) is 34.7 Å². The Morgan fingerprint density at radius 3 is 2.50 bits per heavy atom. The lowest BCUT2D eigenvalue weighted by atomic mass is 9.68. The van der Waals surface area contributed by atoms with Gasteiger partial charge in [0.25, 0.3) is 5.91 Å². The van der Waals surface area contributed by atoms with E-state index in [1.165, 1.54) is 4.90 Å². The third kappa shape index (κ3) is 5.50. The molecule has 8 rings (SSSR count). The average Bonchev–Trinajstić information content (AvgIpc) is 3.83. The topological polar surface area (TPSA) is 135 Å². The van der Waals surface area contributed by atoms with Crippen LogP contribution in [0.5, 0.6) is 5.75 Å². The van der Waals surface area contributed by atoms with Crippen LogP contribution in [0.3, 0.4) is 0 Å². The number of aromatic amines is 1. The molecule has 2 N–H and O–H groups in total. The molecule has 4 aromatic rings. The van der Waals surface area contributed by atoms with E-state index in [-0.39, 0.29) is 64.7 Å². The molecule has 2 saturated carbocycles. The minimum Gasteiger partial charge on any atom is -0.483 e. The number of H-pyrrole nitrogens is 1. The summed E-state index contributed by atoms with van der Waals surface area (Å²) in [6.45, 7) is 3.71. The summed E-state index contributed by atoms with van der Waals surface area (Å²) in [5.74, 6) is -2.23. The van der Waals surface area contributed by atoms with Crippen LogP contribution in [-0.2, 0) is 19.1 Å². The first-order chi connectivity index (χ1) is 24.1. The van der Waals surface area contributed by atoms with E-state index < -0.39 is 17.8 Å². The number of amides is 3. The Labute approximate surface area is 304 Å². The van der Waals surface area contributed by atoms with Gasteiger partial charge in [0.15, 0.2) is 6.61 Å². The summed E-state index contributed by atoms with van der Waals surface area (Å²) in [4.78, 5) is 71.3. The zero-order chi connectivity index (χ0) is 34.8. The smallest absolute Gasteiger partial charge is 0.338 e. The van der Waals surface area contributed by atoms with Crippen LogP contribution in [-0.4, -0.2) is 47.1 Å². The molecule has 0 radical (unpaired) electrons. The highest BCUT2D eigenvalue weighted by molar-refractivity contribution is 9.10. The number of thiazole rings is 1. The summed E-state index contributed by atoms with van der Waals surface area (Å²) >= 11 is 6.40. The standard InChI is InChI=1S/C37H32BrN3O7S2/c1-3-47-36(45)18-7-10-21(11-8-18)41-34(43)29-23-15-24(30(29)35(41)44)31-28(23)27(32-33(49-31)40-37(46)50-32)22-14-19(38)9-12-25(22)48-16-26(42)39-20-6-4-5-17(2)13-20/h4-14,23-24,27-31H,3,15-16H2,1-2H3,(H,39,42)(H,40,46)/t23-,24-,27-,28?,29?,30?,31?/m1/s1. The van der Waals surface area contributed by atoms with Gasteiger partial charge in [0, 0.05) is 31.8 Å². The highest BCUT2D eigenvalue weighted by Crippen LogP contribution is 2.69. The van der Waals surface area contributed by atoms with Crippen LogP contribution >= 0.6 is 39.0 Å². The van der Waals surface area contributed by atoms with E-state index in [2.05, 4.69) is 26.2 Å². The number of benzene rings is 3. The number of imide groups is 1. The van der Waals surface area contributed by atoms with Gasteiger partial charge in [-0.3, -0.25) is 24.1 Å². The second-order valence-electron chi connectivity index (χ2n) is 13.1. The number of aryl methyl sites for hydroxylation is 1. The first-order valence-electron chi connectivity index (χ1n) is 16.5. The van der Waals surface area contributed by atoms with E-state index in [0.717, 1.165) is 43.3 Å². The molecule has 3 heterocycles. The highest BCUT2D eigenvalue weighted by atomic mass is 79.9. The van der Waals surface area contributed by atoms with Crippen molar-refractivity contribution in [2.24, 2.45) is 29.6 Å². The van der Waals surface area contributed by atoms with Crippen molar-refractivity contribution in [1.29, 1.82) is 0 Å². The van der Waals surface area contributed by atoms with Crippen molar-refractivity contribution in [1.82, 2.24) is 4.98 Å². The summed E-state index contributed by atoms with van der Waals surface area (Å²) in [5, 5.41) is 3.64. The predicted molar refractivity (Wildman–Crippen MR) is 193 cm³/mol. The molecular weight excluding hydrogens is 742 g/mol. The van der Waals surface area contributed by atoms with Gasteiger partial charge in [0.1, 0.15) is 5.75 Å². The number of anilines is 2. The van der Waals surface area contributed by atoms with Crippen molar-refractivity contribution < 1.29 is 28.7 Å². The lowest BCUT2D eigenvalue weighted by Crippen LogP contribution is -2.42. The molecule has 4 aliphatic rings. The number of thioether (sulfide) groups is 1. The van der Waals surface area contributed by atoms with Gasteiger partial charge < -0.3 is 19.8 Å². The minimum atomic E-state index is -0.504. The molecule has 3 fully saturated rings. The summed E-state index contributed by atoms with van der Waals surface area (Å²) < 4.78 is 12.1. The highest BCUT2D eigenvalue weighted by Gasteiger charge is 2.70. The third-order valence-electron chi connectivity index (χ3n) is 10.3. The molecule has 4 unspecified atom stereocenters. The average molecular weight is 775 g/mol. The molecular formula is C37H32BrN3O7S2. The Balaban J connectivity index is 1.11. The predicted octanol–water partition coefficient (Wildman–Crippen LogP) is 6.38. The van der Waals surface area contributed by atoms with Gasteiger partial charge in [-0.05, 0) is 98.2 Å². The molecule has 256 valence electrons. The SMILES string of the molecule is CCOC(=O)c1ccc(N2C(=O)C3C(C2=O)[C@@H]2C[C@H]3C3Sc4[nH]c(=O)sc4[C@H](c4cc(Br)ccc4OCC(=O)Nc4cccc(C)c4)C32)cc1. The number of halogens is 1. The van der Waals surface area contributed by atoms with E-state index in [1.807, 2.05) is 49.4 Å². The third-order valence-corrected chi connectivity index (χ3v) is 13.4. The number of rotatable bonds is 8. The van der Waals surface area contributed by atoms with E-state index in [4.69, 9.17) is 9.47 Å². The Bertz CT molecular complexity index is 2110. The lowest BCUT2D eigenvalue weighted by Gasteiger charge is -2.43. The van der Waals surface area contributed by atoms with Crippen molar-refractivity contribution in [3.8, 4) is 5.75 Å². The molecule has 1 aromatic heterocycles. The quantitative estimate of drug-likeness (QED) is 0.156. The van der Waals surface area contributed by atoms with Crippen molar-refractivity contribution in [2.75, 3.05) is 23.4 Å². The molecule has 50 heavy (non-hydrogen) atoms. The zero-order valence-corrected chi connectivity index (χ0v) is 30.2. The molecule has 3 aromatic carbocycles. The van der Waals surface area contributed by atoms with Crippen LogP contribution in [0.1, 0.15) is 45.6 Å². The molecule has 0 spiro atoms. The number of hydrogen-bond acceptors (Lipinski definition) is 9. The van der Waals surface area contributed by atoms with E-state index in [0.29, 0.717) is 22.7 Å². The van der Waals surface area contributed by atoms with Crippen LogP contribution in [0, 0.1) is 36.5 Å². The fraction of sp³-hybridized carbons (Fsp3) is 0.324. The summed E-state index contributed by atoms with van der Waals surface area (Å²) in [6.07, 6.45) is 0.726. The Hall–Kier alpha value is -4.20. The van der Waals surface area contributed by atoms with E-state index >= 15 is 0 Å². The fourth-order valence-corrected chi connectivity index (χ4v) is 11.8. The minimum absolute atomic E-state index is 0.0247. The van der Waals surface area contributed by atoms with E-state index in [9.17, 15) is 24.0 Å². The Kier molecular flexibility index (Phi) is 8.47. The lowest BCUT2D eigenvalue weighted by molar-refractivity contribution is -0.123. The van der Waals surface area contributed by atoms with Gasteiger partial charge >= 0.3 is 10.8 Å². The molecule has 2 aliphatic carbocycles. The number of carbonyl (C=O) groups is 4. The molecule has 1 saturated heterocycles. The summed E-state index contributed by atoms with van der Waals surface area (Å²) in [6, 6.07) is 19.6. The molecule has 10 nitrogen and oxygen atoms in total. The zero-order valence-electron chi connectivity index (χ0n) is 27.0. The molecule has 7 atom stereocenters. The number of nitrogens with one attached hydrogen (secondary N) is 2. The number of esters is 1. The maximum Gasteiger partial charge on any atom is 0.338 e. The maximum atomic E-state index is 14.2. The van der Waals surface area contributed by atoms with Gasteiger partial charge in [0.2, 0.25) is 11.8 Å². The van der Waals surface area contributed by atoms with Gasteiger partial charge in [-0.2, -0.15) is 0 Å². The second kappa shape index (κ2) is 12.8. The number of nitrogens with zero attached hydrogens (tertiary/aromatic N) is 1. The first kappa shape index (κ1) is 33.0. The van der Waals surface area contributed by atoms with Crippen LogP contribution in [0.2, 0.25) is 0 Å². The Morgan fingerprint density at radius 2 is 1.76 bits per heavy atom. The molecule has 2 aliphatic heterocycles. The largest absolute Gasteiger partial charge is 0.483 e. The number of carbonyl (C=O) groups excluding carboxylic acids is 4. The Morgan fingerprint density at radius 1 is 1.00 bits per heavy atom. The van der Waals surface area contributed by atoms with Crippen LogP contribution < -0.4 is 19.8 Å². The van der Waals surface area contributed by atoms with E-state index in [1.54, 1.807) is 43.0 Å². The van der Waals surface area contributed by atoms with Gasteiger partial charge in [-0.1, -0.05) is 39.4 Å². The van der Waals surface area contributed by atoms with Crippen molar-refractivity contribution >= 4 is 74.1 Å². The monoisotopic (exact) mass is 773 g/mol. The van der Waals surface area contributed by atoms with Gasteiger partial charge in [-0.15, -0.1) is 11.8 Å². The normalized spacial score (nSPS) is 26.0. The molecule has 3 amide bonds. The molecule has 2 bridgehead atoms. The fourth-order valence-electron chi connectivity index (χ4n) is 8.54. The van der Waals surface area contributed by atoms with Crippen molar-refractivity contribution in [2.45, 2.75) is 36.5 Å². The van der Waals surface area contributed by atoms with Crippen LogP contribution in [0.15, 0.2) is 81.0 Å². The maximum absolute atomic E-state index is 14.2. The van der Waals surface area contributed by atoms with Crippen molar-refractivity contribution in [3.63, 3.8) is 0 Å². The number of aromatic nitrogens is 1. The second-order valence-corrected chi connectivity index (χ2v) is 16.2. The van der Waals surface area contributed by atoms with Crippen molar-refractivity contribution in [3.05, 3.63) is 102 Å². The van der Waals surface area contributed by atoms with Gasteiger partial charge in [-0.25, -0.2) is 4.79 Å². The summed E-state index contributed by atoms with van der Waals surface area (Å²) in [5.41, 5.74) is 3.31.